The molecule has 2 aromatic rings. The molecule has 5 heteroatoms. The molecule has 2 amide bonds. The molecule has 0 bridgehead atoms. The average Bonchev–Trinajstić information content (AvgIpc) is 2.97. The van der Waals surface area contributed by atoms with Crippen molar-refractivity contribution in [1.82, 2.24) is 15.5 Å². The number of aryl methyl sites for hydroxylation is 1. The summed E-state index contributed by atoms with van der Waals surface area (Å²) in [6.45, 7) is 11.4. The number of carbonyl (C=O) groups is 1. The van der Waals surface area contributed by atoms with Crippen LogP contribution in [0.15, 0.2) is 28.7 Å². The SMILES string of the molecule is Cc1c([C@H](C)NC(=O)NC[C@H](C)N2CCC[C@H](C)C2)oc2ccccc12. The largest absolute Gasteiger partial charge is 0.459 e. The second kappa shape index (κ2) is 8.12. The molecule has 1 saturated heterocycles. The van der Waals surface area contributed by atoms with Crippen LogP contribution in [0.4, 0.5) is 4.79 Å². The summed E-state index contributed by atoms with van der Waals surface area (Å²) in [6, 6.07) is 8.00. The Bertz CT molecular complexity index is 755. The van der Waals surface area contributed by atoms with E-state index in [2.05, 4.69) is 29.4 Å². The van der Waals surface area contributed by atoms with Crippen molar-refractivity contribution in [2.45, 2.75) is 52.6 Å². The molecule has 1 aliphatic rings. The van der Waals surface area contributed by atoms with E-state index in [1.165, 1.54) is 12.8 Å². The topological polar surface area (TPSA) is 57.5 Å². The van der Waals surface area contributed by atoms with Crippen LogP contribution in [0.3, 0.4) is 0 Å². The van der Waals surface area contributed by atoms with Gasteiger partial charge in [0.05, 0.1) is 6.04 Å². The number of nitrogens with one attached hydrogen (secondary N) is 2. The van der Waals surface area contributed by atoms with E-state index >= 15 is 0 Å². The number of para-hydroxylation sites is 1. The molecule has 3 atom stereocenters. The van der Waals surface area contributed by atoms with Crippen LogP contribution < -0.4 is 10.6 Å². The standard InChI is InChI=1S/C21H31N3O2/c1-14-8-7-11-24(13-14)15(2)12-22-21(25)23-17(4)20-16(3)18-9-5-6-10-19(18)26-20/h5-6,9-10,14-15,17H,7-8,11-13H2,1-4H3,(H2,22,23,25)/t14-,15-,17-/m0/s1. The predicted molar refractivity (Wildman–Crippen MR) is 105 cm³/mol. The number of piperidine rings is 1. The van der Waals surface area contributed by atoms with E-state index in [4.69, 9.17) is 4.42 Å². The Morgan fingerprint density at radius 3 is 2.85 bits per heavy atom. The van der Waals surface area contributed by atoms with Gasteiger partial charge in [0.25, 0.3) is 0 Å². The van der Waals surface area contributed by atoms with Crippen molar-refractivity contribution < 1.29 is 9.21 Å². The van der Waals surface area contributed by atoms with Crippen molar-refractivity contribution in [2.24, 2.45) is 5.92 Å². The maximum Gasteiger partial charge on any atom is 0.315 e. The van der Waals surface area contributed by atoms with Gasteiger partial charge in [0.2, 0.25) is 0 Å². The third kappa shape index (κ3) is 4.21. The fraction of sp³-hybridized carbons (Fsp3) is 0.571. The molecule has 2 N–H and O–H groups in total. The van der Waals surface area contributed by atoms with Gasteiger partial charge in [-0.25, -0.2) is 4.79 Å². The quantitative estimate of drug-likeness (QED) is 0.842. The second-order valence-electron chi connectivity index (χ2n) is 7.75. The zero-order chi connectivity index (χ0) is 18.7. The van der Waals surface area contributed by atoms with Crippen molar-refractivity contribution in [1.29, 1.82) is 0 Å². The van der Waals surface area contributed by atoms with Gasteiger partial charge >= 0.3 is 6.03 Å². The first-order valence-corrected chi connectivity index (χ1v) is 9.72. The summed E-state index contributed by atoms with van der Waals surface area (Å²) < 4.78 is 5.94. The molecule has 0 radical (unpaired) electrons. The molecule has 1 aliphatic heterocycles. The number of likely N-dealkylation sites (tertiary alicyclic amines) is 1. The first kappa shape index (κ1) is 18.8. The van der Waals surface area contributed by atoms with Gasteiger partial charge in [-0.15, -0.1) is 0 Å². The Labute approximate surface area is 156 Å². The number of amides is 2. The number of fused-ring (bicyclic) bond motifs is 1. The van der Waals surface area contributed by atoms with E-state index in [0.717, 1.165) is 41.3 Å². The summed E-state index contributed by atoms with van der Waals surface area (Å²) in [7, 11) is 0. The molecular weight excluding hydrogens is 326 g/mol. The van der Waals surface area contributed by atoms with Gasteiger partial charge in [-0.2, -0.15) is 0 Å². The smallest absolute Gasteiger partial charge is 0.315 e. The number of hydrogen-bond acceptors (Lipinski definition) is 3. The zero-order valence-electron chi connectivity index (χ0n) is 16.3. The van der Waals surface area contributed by atoms with Crippen LogP contribution in [0.25, 0.3) is 11.0 Å². The van der Waals surface area contributed by atoms with Gasteiger partial charge in [0.1, 0.15) is 11.3 Å². The molecule has 2 heterocycles. The number of rotatable bonds is 5. The average molecular weight is 357 g/mol. The summed E-state index contributed by atoms with van der Waals surface area (Å²) in [4.78, 5) is 14.8. The van der Waals surface area contributed by atoms with E-state index in [1.54, 1.807) is 0 Å². The number of carbonyl (C=O) groups excluding carboxylic acids is 1. The van der Waals surface area contributed by atoms with Crippen LogP contribution in [0.1, 0.15) is 51.0 Å². The Morgan fingerprint density at radius 1 is 1.35 bits per heavy atom. The monoisotopic (exact) mass is 357 g/mol. The maximum atomic E-state index is 12.3. The van der Waals surface area contributed by atoms with E-state index in [0.29, 0.717) is 12.6 Å². The van der Waals surface area contributed by atoms with Gasteiger partial charge < -0.3 is 15.1 Å². The number of nitrogens with zero attached hydrogens (tertiary/aromatic N) is 1. The number of hydrogen-bond donors (Lipinski definition) is 2. The minimum Gasteiger partial charge on any atom is -0.459 e. The van der Waals surface area contributed by atoms with Gasteiger partial charge in [-0.05, 0) is 52.1 Å². The van der Waals surface area contributed by atoms with E-state index in [9.17, 15) is 4.79 Å². The minimum atomic E-state index is -0.173. The van der Waals surface area contributed by atoms with E-state index < -0.39 is 0 Å². The third-order valence-electron chi connectivity index (χ3n) is 5.49. The van der Waals surface area contributed by atoms with E-state index in [-0.39, 0.29) is 12.1 Å². The molecule has 26 heavy (non-hydrogen) atoms. The summed E-state index contributed by atoms with van der Waals surface area (Å²) in [6.07, 6.45) is 2.56. The molecule has 1 aromatic carbocycles. The third-order valence-corrected chi connectivity index (χ3v) is 5.49. The van der Waals surface area contributed by atoms with Crippen molar-refractivity contribution in [2.75, 3.05) is 19.6 Å². The van der Waals surface area contributed by atoms with Crippen molar-refractivity contribution in [3.05, 3.63) is 35.6 Å². The van der Waals surface area contributed by atoms with Crippen molar-refractivity contribution in [3.63, 3.8) is 0 Å². The fourth-order valence-electron chi connectivity index (χ4n) is 3.92. The Balaban J connectivity index is 1.53. The lowest BCUT2D eigenvalue weighted by atomic mass is 9.99. The fourth-order valence-corrected chi connectivity index (χ4v) is 3.92. The molecular formula is C21H31N3O2. The lowest BCUT2D eigenvalue weighted by Gasteiger charge is -2.35. The Kier molecular flexibility index (Phi) is 5.87. The van der Waals surface area contributed by atoms with Gasteiger partial charge in [-0.3, -0.25) is 4.90 Å². The molecule has 5 nitrogen and oxygen atoms in total. The molecule has 1 fully saturated rings. The highest BCUT2D eigenvalue weighted by molar-refractivity contribution is 5.82. The number of furan rings is 1. The van der Waals surface area contributed by atoms with E-state index in [1.807, 2.05) is 38.1 Å². The summed E-state index contributed by atoms with van der Waals surface area (Å²) in [5.41, 5.74) is 1.95. The molecule has 0 saturated carbocycles. The first-order chi connectivity index (χ1) is 12.5. The summed E-state index contributed by atoms with van der Waals surface area (Å²) in [5, 5.41) is 7.12. The number of urea groups is 1. The van der Waals surface area contributed by atoms with Crippen molar-refractivity contribution in [3.8, 4) is 0 Å². The highest BCUT2D eigenvalue weighted by Crippen LogP contribution is 2.29. The van der Waals surface area contributed by atoms with Crippen LogP contribution >= 0.6 is 0 Å². The minimum absolute atomic E-state index is 0.144. The molecule has 3 rings (SSSR count). The van der Waals surface area contributed by atoms with Crippen molar-refractivity contribution >= 4 is 17.0 Å². The Morgan fingerprint density at radius 2 is 2.12 bits per heavy atom. The lowest BCUT2D eigenvalue weighted by Crippen LogP contribution is -2.48. The lowest BCUT2D eigenvalue weighted by molar-refractivity contribution is 0.137. The van der Waals surface area contributed by atoms with Gasteiger partial charge in [-0.1, -0.05) is 25.1 Å². The molecule has 0 unspecified atom stereocenters. The molecule has 1 aromatic heterocycles. The zero-order valence-corrected chi connectivity index (χ0v) is 16.3. The van der Waals surface area contributed by atoms with Crippen LogP contribution in [-0.2, 0) is 0 Å². The molecule has 0 spiro atoms. The molecule has 0 aliphatic carbocycles. The summed E-state index contributed by atoms with van der Waals surface area (Å²) >= 11 is 0. The second-order valence-corrected chi connectivity index (χ2v) is 7.75. The predicted octanol–water partition coefficient (Wildman–Crippen LogP) is 4.22. The van der Waals surface area contributed by atoms with Gasteiger partial charge in [0.15, 0.2) is 0 Å². The summed E-state index contributed by atoms with van der Waals surface area (Å²) in [5.74, 6) is 1.57. The normalized spacial score (nSPS) is 20.7. The van der Waals surface area contributed by atoms with Crippen LogP contribution in [-0.4, -0.2) is 36.6 Å². The maximum absolute atomic E-state index is 12.3. The van der Waals surface area contributed by atoms with Crippen LogP contribution in [0, 0.1) is 12.8 Å². The van der Waals surface area contributed by atoms with Crippen LogP contribution in [0.2, 0.25) is 0 Å². The number of benzene rings is 1. The van der Waals surface area contributed by atoms with Gasteiger partial charge in [0, 0.05) is 30.1 Å². The first-order valence-electron chi connectivity index (χ1n) is 9.72. The highest BCUT2D eigenvalue weighted by atomic mass is 16.3. The van der Waals surface area contributed by atoms with Crippen LogP contribution in [0.5, 0.6) is 0 Å². The highest BCUT2D eigenvalue weighted by Gasteiger charge is 2.22. The Hall–Kier alpha value is -2.01. The molecule has 142 valence electrons.